The first-order chi connectivity index (χ1) is 55.9. The zero-order valence-electron chi connectivity index (χ0n) is 68.1. The van der Waals surface area contributed by atoms with E-state index in [9.17, 15) is 0 Å². The van der Waals surface area contributed by atoms with Crippen molar-refractivity contribution in [3.8, 4) is 56.3 Å². The van der Waals surface area contributed by atoms with Gasteiger partial charge in [-0.15, -0.1) is 0 Å². The third kappa shape index (κ3) is 14.3. The normalized spacial score (nSPS) is 11.4. The molecule has 115 heavy (non-hydrogen) atoms. The summed E-state index contributed by atoms with van der Waals surface area (Å²) in [4.78, 5) is 21.9. The van der Waals surface area contributed by atoms with Crippen molar-refractivity contribution in [2.45, 2.75) is 101 Å². The smallest absolute Gasteiger partial charge is 0.227 e. The summed E-state index contributed by atoms with van der Waals surface area (Å²) >= 11 is 0. The Bertz CT molecular complexity index is 6140. The predicted molar refractivity (Wildman–Crippen MR) is 461 cm³/mol. The van der Waals surface area contributed by atoms with Crippen LogP contribution >= 0.6 is 0 Å². The standard InChI is InChI=1S/5C20H19N2O/c1-4-14-6-8-17(22(3)12-14)19-13(2)5-7-16-15-9-10-21-11-18(15)23-20(16)19;1-4-14-6-8-17(22(3)12-14)19-13(2)5-7-15-16-11-21-10-9-18(16)23-20(15)19;1-4-14-8-10-16(22(3)12-14)18-13(2)7-9-15-19-17(23-20(15)18)6-5-11-21-19;1-4-14-8-10-17(22(3)12-14)18-13(2)7-9-15-16-6-5-11-21-20(16)23-19(15)18;1-4-14-9-10-16(22(3)12-14)18-13(2)11-21-19-15-7-5-6-8-17(15)23-20(18)19/h5*5-12H,4H2,1-3H3/q5*+1. The second-order valence-electron chi connectivity index (χ2n) is 29.9. The number of pyridine rings is 10. The van der Waals surface area contributed by atoms with Gasteiger partial charge in [-0.05, 0) is 179 Å². The first-order valence-corrected chi connectivity index (χ1v) is 39.7. The zero-order valence-corrected chi connectivity index (χ0v) is 68.1. The van der Waals surface area contributed by atoms with Gasteiger partial charge in [0, 0.05) is 138 Å². The van der Waals surface area contributed by atoms with Gasteiger partial charge in [0.15, 0.2) is 58.9 Å². The number of aryl methyl sites for hydroxylation is 15. The number of fused-ring (bicyclic) bond motifs is 15. The van der Waals surface area contributed by atoms with Crippen LogP contribution < -0.4 is 22.8 Å². The Labute approximate surface area is 668 Å². The van der Waals surface area contributed by atoms with Crippen LogP contribution in [0.1, 0.15) is 90.3 Å². The van der Waals surface area contributed by atoms with Crippen LogP contribution in [0.25, 0.3) is 166 Å². The Morgan fingerprint density at radius 3 is 1.13 bits per heavy atom. The number of hydrogen-bond acceptors (Lipinski definition) is 10. The van der Waals surface area contributed by atoms with E-state index in [1.54, 1.807) is 18.6 Å². The van der Waals surface area contributed by atoms with Gasteiger partial charge >= 0.3 is 0 Å². The molecule has 0 unspecified atom stereocenters. The monoisotopic (exact) mass is 1520 g/mol. The van der Waals surface area contributed by atoms with Crippen molar-refractivity contribution in [2.75, 3.05) is 0 Å². The van der Waals surface area contributed by atoms with Crippen LogP contribution in [0, 0.1) is 34.6 Å². The fourth-order valence-corrected chi connectivity index (χ4v) is 16.1. The minimum absolute atomic E-state index is 0.696. The lowest BCUT2D eigenvalue weighted by molar-refractivity contribution is -0.660. The van der Waals surface area contributed by atoms with E-state index in [-0.39, 0.29) is 0 Å². The third-order valence-corrected chi connectivity index (χ3v) is 22.4. The molecule has 570 valence electrons. The largest absolute Gasteiger partial charge is 0.455 e. The Morgan fingerprint density at radius 1 is 0.252 bits per heavy atom. The van der Waals surface area contributed by atoms with E-state index in [4.69, 9.17) is 22.1 Å². The van der Waals surface area contributed by atoms with Crippen molar-refractivity contribution < 1.29 is 44.9 Å². The molecule has 0 fully saturated rings. The summed E-state index contributed by atoms with van der Waals surface area (Å²) < 4.78 is 41.7. The Morgan fingerprint density at radius 2 is 0.626 bits per heavy atom. The first kappa shape index (κ1) is 75.6. The highest BCUT2D eigenvalue weighted by Gasteiger charge is 2.27. The Hall–Kier alpha value is -13.4. The number of para-hydroxylation sites is 1. The third-order valence-electron chi connectivity index (χ3n) is 22.4. The molecule has 0 saturated heterocycles. The maximum Gasteiger partial charge on any atom is 0.227 e. The summed E-state index contributed by atoms with van der Waals surface area (Å²) in [6, 6.07) is 58.9. The molecule has 20 rings (SSSR count). The average molecular weight is 1520 g/mol. The van der Waals surface area contributed by atoms with E-state index in [1.165, 1.54) is 50.1 Å². The molecule has 0 aliphatic heterocycles. The van der Waals surface area contributed by atoms with Gasteiger partial charge in [-0.25, -0.2) is 27.8 Å². The van der Waals surface area contributed by atoms with Crippen molar-refractivity contribution in [1.82, 2.24) is 24.9 Å². The molecule has 0 atom stereocenters. The van der Waals surface area contributed by atoms with Gasteiger partial charge in [0.05, 0.1) is 34.0 Å². The summed E-state index contributed by atoms with van der Waals surface area (Å²) in [6.07, 6.45) is 28.9. The molecule has 0 N–H and O–H groups in total. The molecule has 0 aliphatic rings. The van der Waals surface area contributed by atoms with E-state index in [0.717, 1.165) is 198 Å². The molecule has 5 aromatic carbocycles. The summed E-state index contributed by atoms with van der Waals surface area (Å²) in [5.41, 5.74) is 34.7. The molecule has 0 amide bonds. The van der Waals surface area contributed by atoms with Gasteiger partial charge in [-0.3, -0.25) is 19.9 Å². The fraction of sp³-hybridized carbons (Fsp3) is 0.200. The molecule has 15 aromatic heterocycles. The number of aromatic nitrogens is 10. The van der Waals surface area contributed by atoms with Crippen LogP contribution in [0.5, 0.6) is 0 Å². The highest BCUT2D eigenvalue weighted by molar-refractivity contribution is 6.13. The number of benzene rings is 5. The molecule has 15 nitrogen and oxygen atoms in total. The van der Waals surface area contributed by atoms with E-state index in [2.05, 4.69) is 305 Å². The lowest BCUT2D eigenvalue weighted by atomic mass is 10.0. The van der Waals surface area contributed by atoms with E-state index in [0.29, 0.717) is 5.71 Å². The topological polar surface area (TPSA) is 150 Å². The van der Waals surface area contributed by atoms with Gasteiger partial charge in [-0.1, -0.05) is 89.2 Å². The number of rotatable bonds is 10. The van der Waals surface area contributed by atoms with Crippen molar-refractivity contribution in [3.05, 3.63) is 300 Å². The van der Waals surface area contributed by atoms with Crippen molar-refractivity contribution in [2.24, 2.45) is 35.2 Å². The molecule has 0 radical (unpaired) electrons. The minimum Gasteiger partial charge on any atom is -0.455 e. The highest BCUT2D eigenvalue weighted by Crippen LogP contribution is 2.42. The first-order valence-electron chi connectivity index (χ1n) is 39.7. The molecule has 0 aliphatic carbocycles. The highest BCUT2D eigenvalue weighted by atomic mass is 16.3. The molecule has 0 spiro atoms. The Kier molecular flexibility index (Phi) is 21.0. The molecule has 15 heterocycles. The van der Waals surface area contributed by atoms with Crippen LogP contribution in [0.4, 0.5) is 0 Å². The second-order valence-corrected chi connectivity index (χ2v) is 29.9. The lowest BCUT2D eigenvalue weighted by Gasteiger charge is -2.06. The lowest BCUT2D eigenvalue weighted by Crippen LogP contribution is -2.31. The maximum atomic E-state index is 6.18. The van der Waals surface area contributed by atoms with Crippen molar-refractivity contribution >= 4 is 110 Å². The summed E-state index contributed by atoms with van der Waals surface area (Å²) in [6.45, 7) is 21.5. The quantitative estimate of drug-likeness (QED) is 0.121. The SMILES string of the molecule is CCc1ccc(-c2c(C)ccc3c2oc2cccnc23)[n+](C)c1.CCc1ccc(-c2c(C)ccc3c2oc2ccncc23)[n+](C)c1.CCc1ccc(-c2c(C)ccc3c2oc2cnccc23)[n+](C)c1.CCc1ccc(-c2c(C)ccc3c2oc2ncccc23)[n+](C)c1.CCc1ccc(-c2c(C)cnc3c2oc2ccccc23)[n+](C)c1. The van der Waals surface area contributed by atoms with Crippen molar-refractivity contribution in [1.29, 1.82) is 0 Å². The van der Waals surface area contributed by atoms with Crippen LogP contribution in [-0.2, 0) is 67.3 Å². The molecular weight excluding hydrogens is 1420 g/mol. The van der Waals surface area contributed by atoms with Crippen LogP contribution in [0.3, 0.4) is 0 Å². The Balaban J connectivity index is 0.000000108. The number of furan rings is 5. The average Bonchev–Trinajstić information content (AvgIpc) is 1.66. The summed E-state index contributed by atoms with van der Waals surface area (Å²) in [5, 5.41) is 8.76. The summed E-state index contributed by atoms with van der Waals surface area (Å²) in [7, 11) is 10.5. The van der Waals surface area contributed by atoms with Gasteiger partial charge < -0.3 is 22.1 Å². The van der Waals surface area contributed by atoms with Gasteiger partial charge in [0.2, 0.25) is 34.2 Å². The molecule has 0 saturated carbocycles. The van der Waals surface area contributed by atoms with Crippen LogP contribution in [0.2, 0.25) is 0 Å². The summed E-state index contributed by atoms with van der Waals surface area (Å²) in [5.74, 6) is 0. The van der Waals surface area contributed by atoms with E-state index < -0.39 is 0 Å². The number of nitrogens with zero attached hydrogens (tertiary/aromatic N) is 10. The predicted octanol–water partition coefficient (Wildman–Crippen LogP) is 21.7. The van der Waals surface area contributed by atoms with Gasteiger partial charge in [-0.2, -0.15) is 0 Å². The molecular formula is C100H95N10O5+5. The zero-order chi connectivity index (χ0) is 79.9. The second kappa shape index (κ2) is 32.0. The van der Waals surface area contributed by atoms with E-state index in [1.807, 2.05) is 73.3 Å². The van der Waals surface area contributed by atoms with Gasteiger partial charge in [0.25, 0.3) is 0 Å². The van der Waals surface area contributed by atoms with Crippen LogP contribution in [-0.4, -0.2) is 24.9 Å². The maximum absolute atomic E-state index is 6.18. The van der Waals surface area contributed by atoms with Gasteiger partial charge in [0.1, 0.15) is 68.6 Å². The molecule has 20 aromatic rings. The minimum atomic E-state index is 0.696. The van der Waals surface area contributed by atoms with Crippen LogP contribution in [0.15, 0.2) is 266 Å². The molecule has 0 bridgehead atoms. The number of hydrogen-bond donors (Lipinski definition) is 0. The van der Waals surface area contributed by atoms with E-state index >= 15 is 0 Å². The van der Waals surface area contributed by atoms with Crippen molar-refractivity contribution in [3.63, 3.8) is 0 Å². The molecule has 15 heteroatoms. The fourth-order valence-electron chi connectivity index (χ4n) is 16.1.